The molecule has 0 radical (unpaired) electrons. The number of aromatic nitrogens is 1. The molecule has 0 saturated carbocycles. The van der Waals surface area contributed by atoms with Gasteiger partial charge in [-0.3, -0.25) is 4.98 Å². The Hall–Kier alpha value is -0.790. The highest BCUT2D eigenvalue weighted by molar-refractivity contribution is 6.42. The zero-order chi connectivity index (χ0) is 11.2. The van der Waals surface area contributed by atoms with Crippen molar-refractivity contribution < 1.29 is 0 Å². The maximum absolute atomic E-state index is 6.28. The second kappa shape index (κ2) is 3.66. The standard InChI is InChI=1S/C12H11Cl2N/c1-6-4-5-9(13)10-11(14)7(2)8(3)15-12(6)10/h4-5H,1-3H3. The second-order valence-corrected chi connectivity index (χ2v) is 4.51. The fraction of sp³-hybridized carbons (Fsp3) is 0.250. The molecule has 0 bridgehead atoms. The number of halogens is 2. The molecular formula is C12H11Cl2N. The number of fused-ring (bicyclic) bond motifs is 1. The molecule has 78 valence electrons. The van der Waals surface area contributed by atoms with Gasteiger partial charge in [-0.15, -0.1) is 0 Å². The minimum Gasteiger partial charge on any atom is -0.252 e. The van der Waals surface area contributed by atoms with Crippen LogP contribution in [0.5, 0.6) is 0 Å². The van der Waals surface area contributed by atoms with Crippen molar-refractivity contribution in [1.82, 2.24) is 4.98 Å². The first kappa shape index (κ1) is 10.7. The largest absolute Gasteiger partial charge is 0.252 e. The first-order chi connectivity index (χ1) is 7.02. The van der Waals surface area contributed by atoms with Crippen molar-refractivity contribution in [3.8, 4) is 0 Å². The molecular weight excluding hydrogens is 229 g/mol. The van der Waals surface area contributed by atoms with Gasteiger partial charge in [0.25, 0.3) is 0 Å². The number of nitrogens with zero attached hydrogens (tertiary/aromatic N) is 1. The average Bonchev–Trinajstić information content (AvgIpc) is 2.20. The summed E-state index contributed by atoms with van der Waals surface area (Å²) in [6, 6.07) is 3.82. The van der Waals surface area contributed by atoms with E-state index in [1.54, 1.807) is 0 Å². The van der Waals surface area contributed by atoms with Crippen LogP contribution in [-0.2, 0) is 0 Å². The van der Waals surface area contributed by atoms with E-state index in [1.165, 1.54) is 0 Å². The summed E-state index contributed by atoms with van der Waals surface area (Å²) < 4.78 is 0. The van der Waals surface area contributed by atoms with Crippen LogP contribution in [0.2, 0.25) is 10.0 Å². The Kier molecular flexibility index (Phi) is 2.61. The Labute approximate surface area is 99.0 Å². The van der Waals surface area contributed by atoms with Gasteiger partial charge < -0.3 is 0 Å². The summed E-state index contributed by atoms with van der Waals surface area (Å²) in [5, 5.41) is 2.24. The molecule has 0 spiro atoms. The molecule has 0 aliphatic rings. The van der Waals surface area contributed by atoms with Crippen LogP contribution in [0, 0.1) is 20.8 Å². The fourth-order valence-electron chi connectivity index (χ4n) is 1.62. The van der Waals surface area contributed by atoms with Crippen LogP contribution < -0.4 is 0 Å². The normalized spacial score (nSPS) is 11.0. The highest BCUT2D eigenvalue weighted by atomic mass is 35.5. The van der Waals surface area contributed by atoms with Gasteiger partial charge >= 0.3 is 0 Å². The smallest absolute Gasteiger partial charge is 0.0764 e. The third-order valence-electron chi connectivity index (χ3n) is 2.70. The quantitative estimate of drug-likeness (QED) is 0.662. The van der Waals surface area contributed by atoms with Gasteiger partial charge in [-0.2, -0.15) is 0 Å². The SMILES string of the molecule is Cc1nc2c(C)ccc(Cl)c2c(Cl)c1C. The van der Waals surface area contributed by atoms with Gasteiger partial charge in [-0.1, -0.05) is 29.3 Å². The molecule has 0 aliphatic carbocycles. The van der Waals surface area contributed by atoms with Crippen LogP contribution in [0.15, 0.2) is 12.1 Å². The molecule has 0 aliphatic heterocycles. The molecule has 1 nitrogen and oxygen atoms in total. The van der Waals surface area contributed by atoms with Crippen molar-refractivity contribution in [3.63, 3.8) is 0 Å². The Bertz CT molecular complexity index is 547. The molecule has 15 heavy (non-hydrogen) atoms. The number of hydrogen-bond acceptors (Lipinski definition) is 1. The van der Waals surface area contributed by atoms with Gasteiger partial charge in [0.05, 0.1) is 15.6 Å². The second-order valence-electron chi connectivity index (χ2n) is 3.72. The van der Waals surface area contributed by atoms with Crippen molar-refractivity contribution in [2.24, 2.45) is 0 Å². The van der Waals surface area contributed by atoms with Crippen molar-refractivity contribution >= 4 is 34.1 Å². The fourth-order valence-corrected chi connectivity index (χ4v) is 2.24. The lowest BCUT2D eigenvalue weighted by Crippen LogP contribution is -1.93. The third kappa shape index (κ3) is 1.60. The summed E-state index contributed by atoms with van der Waals surface area (Å²) >= 11 is 12.4. The van der Waals surface area contributed by atoms with Crippen LogP contribution in [-0.4, -0.2) is 4.98 Å². The predicted molar refractivity (Wildman–Crippen MR) is 66.0 cm³/mol. The topological polar surface area (TPSA) is 12.9 Å². The highest BCUT2D eigenvalue weighted by Gasteiger charge is 2.11. The maximum Gasteiger partial charge on any atom is 0.0764 e. The summed E-state index contributed by atoms with van der Waals surface area (Å²) in [6.07, 6.45) is 0. The molecule has 0 fully saturated rings. The monoisotopic (exact) mass is 239 g/mol. The lowest BCUT2D eigenvalue weighted by molar-refractivity contribution is 1.19. The molecule has 1 aromatic heterocycles. The molecule has 2 aromatic rings. The van der Waals surface area contributed by atoms with E-state index in [1.807, 2.05) is 32.9 Å². The van der Waals surface area contributed by atoms with Crippen molar-refractivity contribution in [1.29, 1.82) is 0 Å². The van der Waals surface area contributed by atoms with Gasteiger partial charge in [0.1, 0.15) is 0 Å². The van der Waals surface area contributed by atoms with Crippen LogP contribution in [0.1, 0.15) is 16.8 Å². The molecule has 3 heteroatoms. The Morgan fingerprint density at radius 1 is 1.07 bits per heavy atom. The van der Waals surface area contributed by atoms with E-state index in [4.69, 9.17) is 23.2 Å². The number of benzene rings is 1. The number of rotatable bonds is 0. The summed E-state index contributed by atoms with van der Waals surface area (Å²) in [5.41, 5.74) is 3.95. The third-order valence-corrected chi connectivity index (χ3v) is 3.49. The lowest BCUT2D eigenvalue weighted by Gasteiger charge is -2.10. The number of aryl methyl sites for hydroxylation is 2. The van der Waals surface area contributed by atoms with Crippen molar-refractivity contribution in [2.45, 2.75) is 20.8 Å². The molecule has 1 heterocycles. The molecule has 0 atom stereocenters. The first-order valence-electron chi connectivity index (χ1n) is 4.74. The van der Waals surface area contributed by atoms with Gasteiger partial charge in [-0.25, -0.2) is 0 Å². The first-order valence-corrected chi connectivity index (χ1v) is 5.49. The van der Waals surface area contributed by atoms with Gasteiger partial charge in [0.2, 0.25) is 0 Å². The average molecular weight is 240 g/mol. The van der Waals surface area contributed by atoms with Gasteiger partial charge in [0.15, 0.2) is 0 Å². The van der Waals surface area contributed by atoms with E-state index in [-0.39, 0.29) is 0 Å². The van der Waals surface area contributed by atoms with Crippen LogP contribution in [0.4, 0.5) is 0 Å². The Balaban J connectivity index is 3.04. The summed E-state index contributed by atoms with van der Waals surface area (Å²) in [7, 11) is 0. The molecule has 2 rings (SSSR count). The van der Waals surface area contributed by atoms with Gasteiger partial charge in [-0.05, 0) is 38.0 Å². The predicted octanol–water partition coefficient (Wildman–Crippen LogP) is 4.47. The number of hydrogen-bond donors (Lipinski definition) is 0. The van der Waals surface area contributed by atoms with E-state index in [2.05, 4.69) is 4.98 Å². The van der Waals surface area contributed by atoms with E-state index in [0.717, 1.165) is 27.7 Å². The number of pyridine rings is 1. The van der Waals surface area contributed by atoms with Crippen LogP contribution in [0.3, 0.4) is 0 Å². The zero-order valence-corrected chi connectivity index (χ0v) is 10.4. The highest BCUT2D eigenvalue weighted by Crippen LogP contribution is 2.34. The lowest BCUT2D eigenvalue weighted by atomic mass is 10.1. The minimum atomic E-state index is 0.663. The summed E-state index contributed by atoms with van der Waals surface area (Å²) in [6.45, 7) is 5.93. The van der Waals surface area contributed by atoms with E-state index >= 15 is 0 Å². The van der Waals surface area contributed by atoms with Crippen molar-refractivity contribution in [3.05, 3.63) is 39.0 Å². The zero-order valence-electron chi connectivity index (χ0n) is 8.86. The van der Waals surface area contributed by atoms with E-state index < -0.39 is 0 Å². The van der Waals surface area contributed by atoms with Crippen molar-refractivity contribution in [2.75, 3.05) is 0 Å². The molecule has 0 amide bonds. The van der Waals surface area contributed by atoms with Crippen LogP contribution >= 0.6 is 23.2 Å². The molecule has 0 N–H and O–H groups in total. The van der Waals surface area contributed by atoms with E-state index in [9.17, 15) is 0 Å². The summed E-state index contributed by atoms with van der Waals surface area (Å²) in [4.78, 5) is 4.53. The minimum absolute atomic E-state index is 0.663. The van der Waals surface area contributed by atoms with E-state index in [0.29, 0.717) is 10.0 Å². The molecule has 0 unspecified atom stereocenters. The summed E-state index contributed by atoms with van der Waals surface area (Å²) in [5.74, 6) is 0. The Morgan fingerprint density at radius 2 is 1.73 bits per heavy atom. The maximum atomic E-state index is 6.28. The molecule has 1 aromatic carbocycles. The molecule has 0 saturated heterocycles. The Morgan fingerprint density at radius 3 is 2.40 bits per heavy atom. The van der Waals surface area contributed by atoms with Gasteiger partial charge in [0, 0.05) is 11.1 Å². The van der Waals surface area contributed by atoms with Crippen LogP contribution in [0.25, 0.3) is 10.9 Å².